The van der Waals surface area contributed by atoms with Crippen molar-refractivity contribution in [1.82, 2.24) is 4.90 Å². The zero-order chi connectivity index (χ0) is 14.8. The fourth-order valence-corrected chi connectivity index (χ4v) is 3.49. The summed E-state index contributed by atoms with van der Waals surface area (Å²) in [6, 6.07) is 4.24. The SMILES string of the molecule is CCC1(CC)CCN(C(=O)c2ccc(F)cc2Br)CC1. The quantitative estimate of drug-likeness (QED) is 0.784. The number of hydrogen-bond acceptors (Lipinski definition) is 1. The van der Waals surface area contributed by atoms with Gasteiger partial charge in [0.15, 0.2) is 0 Å². The van der Waals surface area contributed by atoms with E-state index in [1.165, 1.54) is 25.0 Å². The number of benzene rings is 1. The van der Waals surface area contributed by atoms with Gasteiger partial charge in [-0.1, -0.05) is 26.7 Å². The van der Waals surface area contributed by atoms with Crippen LogP contribution in [0.25, 0.3) is 0 Å². The molecule has 0 atom stereocenters. The van der Waals surface area contributed by atoms with Crippen molar-refractivity contribution in [2.24, 2.45) is 5.41 Å². The average Bonchev–Trinajstić information content (AvgIpc) is 2.47. The highest BCUT2D eigenvalue weighted by Gasteiger charge is 2.33. The summed E-state index contributed by atoms with van der Waals surface area (Å²) in [5, 5.41) is 0. The fourth-order valence-electron chi connectivity index (χ4n) is 2.97. The van der Waals surface area contributed by atoms with Crippen LogP contribution in [0.3, 0.4) is 0 Å². The van der Waals surface area contributed by atoms with Gasteiger partial charge in [0.05, 0.1) is 5.56 Å². The van der Waals surface area contributed by atoms with Crippen molar-refractivity contribution in [3.8, 4) is 0 Å². The standard InChI is InChI=1S/C16H21BrFNO/c1-3-16(4-2)7-9-19(10-8-16)15(20)13-6-5-12(18)11-14(13)17/h5-6,11H,3-4,7-10H2,1-2H3. The van der Waals surface area contributed by atoms with E-state index in [-0.39, 0.29) is 11.7 Å². The van der Waals surface area contributed by atoms with Crippen molar-refractivity contribution in [3.63, 3.8) is 0 Å². The van der Waals surface area contributed by atoms with Crippen molar-refractivity contribution in [2.75, 3.05) is 13.1 Å². The van der Waals surface area contributed by atoms with E-state index in [4.69, 9.17) is 0 Å². The third-order valence-electron chi connectivity index (χ3n) is 4.77. The lowest BCUT2D eigenvalue weighted by Crippen LogP contribution is -2.42. The summed E-state index contributed by atoms with van der Waals surface area (Å²) in [6.07, 6.45) is 4.46. The molecule has 0 saturated carbocycles. The van der Waals surface area contributed by atoms with Gasteiger partial charge in [0.1, 0.15) is 5.82 Å². The van der Waals surface area contributed by atoms with E-state index in [0.717, 1.165) is 25.9 Å². The number of carbonyl (C=O) groups excluding carboxylic acids is 1. The van der Waals surface area contributed by atoms with E-state index in [9.17, 15) is 9.18 Å². The van der Waals surface area contributed by atoms with Crippen molar-refractivity contribution in [1.29, 1.82) is 0 Å². The largest absolute Gasteiger partial charge is 0.339 e. The van der Waals surface area contributed by atoms with Gasteiger partial charge in [-0.25, -0.2) is 4.39 Å². The monoisotopic (exact) mass is 341 g/mol. The number of rotatable bonds is 3. The molecule has 2 nitrogen and oxygen atoms in total. The number of nitrogens with zero attached hydrogens (tertiary/aromatic N) is 1. The second kappa shape index (κ2) is 6.25. The Hall–Kier alpha value is -0.900. The molecule has 110 valence electrons. The number of amides is 1. The molecule has 0 spiro atoms. The maximum atomic E-state index is 13.1. The number of carbonyl (C=O) groups is 1. The highest BCUT2D eigenvalue weighted by molar-refractivity contribution is 9.10. The van der Waals surface area contributed by atoms with E-state index in [2.05, 4.69) is 29.8 Å². The molecule has 0 N–H and O–H groups in total. The van der Waals surface area contributed by atoms with Gasteiger partial charge in [-0.2, -0.15) is 0 Å². The maximum absolute atomic E-state index is 13.1. The summed E-state index contributed by atoms with van der Waals surface area (Å²) in [5.74, 6) is -0.333. The Morgan fingerprint density at radius 1 is 1.30 bits per heavy atom. The molecule has 1 heterocycles. The highest BCUT2D eigenvalue weighted by atomic mass is 79.9. The molecule has 1 aliphatic heterocycles. The molecule has 1 fully saturated rings. The number of hydrogen-bond donors (Lipinski definition) is 0. The number of likely N-dealkylation sites (tertiary alicyclic amines) is 1. The molecular formula is C16H21BrFNO. The minimum Gasteiger partial charge on any atom is -0.339 e. The first-order valence-electron chi connectivity index (χ1n) is 7.25. The minimum absolute atomic E-state index is 0.00215. The second-order valence-electron chi connectivity index (χ2n) is 5.62. The normalized spacial score (nSPS) is 18.1. The van der Waals surface area contributed by atoms with Crippen LogP contribution in [0, 0.1) is 11.2 Å². The van der Waals surface area contributed by atoms with Gasteiger partial charge in [0, 0.05) is 17.6 Å². The number of halogens is 2. The predicted octanol–water partition coefficient (Wildman–Crippen LogP) is 4.63. The average molecular weight is 342 g/mol. The van der Waals surface area contributed by atoms with Gasteiger partial charge in [0.25, 0.3) is 5.91 Å². The van der Waals surface area contributed by atoms with Crippen LogP contribution in [-0.2, 0) is 0 Å². The lowest BCUT2D eigenvalue weighted by atomic mass is 9.74. The van der Waals surface area contributed by atoms with Crippen LogP contribution >= 0.6 is 15.9 Å². The summed E-state index contributed by atoms with van der Waals surface area (Å²) in [6.45, 7) is 6.06. The van der Waals surface area contributed by atoms with Crippen molar-refractivity contribution in [2.45, 2.75) is 39.5 Å². The molecule has 0 aromatic heterocycles. The third-order valence-corrected chi connectivity index (χ3v) is 5.43. The van der Waals surface area contributed by atoms with Gasteiger partial charge < -0.3 is 4.90 Å². The Morgan fingerprint density at radius 3 is 2.40 bits per heavy atom. The topological polar surface area (TPSA) is 20.3 Å². The van der Waals surface area contributed by atoms with Gasteiger partial charge in [-0.3, -0.25) is 4.79 Å². The summed E-state index contributed by atoms with van der Waals surface area (Å²) in [7, 11) is 0. The smallest absolute Gasteiger partial charge is 0.255 e. The van der Waals surface area contributed by atoms with Gasteiger partial charge in [0.2, 0.25) is 0 Å². The van der Waals surface area contributed by atoms with Crippen molar-refractivity contribution < 1.29 is 9.18 Å². The summed E-state index contributed by atoms with van der Waals surface area (Å²) < 4.78 is 13.6. The van der Waals surface area contributed by atoms with E-state index in [1.807, 2.05) is 4.90 Å². The van der Waals surface area contributed by atoms with E-state index in [1.54, 1.807) is 6.07 Å². The molecule has 1 amide bonds. The number of piperidine rings is 1. The lowest BCUT2D eigenvalue weighted by Gasteiger charge is -2.41. The Morgan fingerprint density at radius 2 is 1.90 bits per heavy atom. The summed E-state index contributed by atoms with van der Waals surface area (Å²) in [5.41, 5.74) is 0.948. The van der Waals surface area contributed by atoms with Crippen LogP contribution in [-0.4, -0.2) is 23.9 Å². The molecular weight excluding hydrogens is 321 g/mol. The van der Waals surface area contributed by atoms with Crippen molar-refractivity contribution in [3.05, 3.63) is 34.1 Å². The van der Waals surface area contributed by atoms with Crippen LogP contribution < -0.4 is 0 Å². The van der Waals surface area contributed by atoms with Crippen LogP contribution in [0.2, 0.25) is 0 Å². The zero-order valence-electron chi connectivity index (χ0n) is 12.1. The molecule has 2 rings (SSSR count). The van der Waals surface area contributed by atoms with Crippen molar-refractivity contribution >= 4 is 21.8 Å². The third kappa shape index (κ3) is 3.05. The highest BCUT2D eigenvalue weighted by Crippen LogP contribution is 2.38. The van der Waals surface area contributed by atoms with Gasteiger partial charge >= 0.3 is 0 Å². The Kier molecular flexibility index (Phi) is 4.84. The predicted molar refractivity (Wildman–Crippen MR) is 82.3 cm³/mol. The van der Waals surface area contributed by atoms with E-state index in [0.29, 0.717) is 15.5 Å². The molecule has 0 bridgehead atoms. The van der Waals surface area contributed by atoms with E-state index < -0.39 is 0 Å². The first kappa shape index (κ1) is 15.5. The van der Waals surface area contributed by atoms with Gasteiger partial charge in [-0.15, -0.1) is 0 Å². The second-order valence-corrected chi connectivity index (χ2v) is 6.48. The summed E-state index contributed by atoms with van der Waals surface area (Å²) in [4.78, 5) is 14.4. The molecule has 0 unspecified atom stereocenters. The van der Waals surface area contributed by atoms with Crippen LogP contribution in [0.1, 0.15) is 49.9 Å². The van der Waals surface area contributed by atoms with Gasteiger partial charge in [-0.05, 0) is 52.4 Å². The first-order valence-corrected chi connectivity index (χ1v) is 8.05. The Labute approximate surface area is 128 Å². The lowest BCUT2D eigenvalue weighted by molar-refractivity contribution is 0.0557. The maximum Gasteiger partial charge on any atom is 0.255 e. The first-order chi connectivity index (χ1) is 9.51. The van der Waals surface area contributed by atoms with Crippen LogP contribution in [0.4, 0.5) is 4.39 Å². The molecule has 1 aromatic carbocycles. The molecule has 1 saturated heterocycles. The minimum atomic E-state index is -0.331. The van der Waals surface area contributed by atoms with Crippen LogP contribution in [0.5, 0.6) is 0 Å². The molecule has 1 aliphatic rings. The Balaban J connectivity index is 2.09. The van der Waals surface area contributed by atoms with E-state index >= 15 is 0 Å². The zero-order valence-corrected chi connectivity index (χ0v) is 13.7. The summed E-state index contributed by atoms with van der Waals surface area (Å²) >= 11 is 3.28. The molecule has 0 aliphatic carbocycles. The molecule has 4 heteroatoms. The molecule has 1 aromatic rings. The Bertz CT molecular complexity index is 489. The molecule has 20 heavy (non-hydrogen) atoms. The molecule has 0 radical (unpaired) electrons. The fraction of sp³-hybridized carbons (Fsp3) is 0.562. The van der Waals surface area contributed by atoms with Crippen LogP contribution in [0.15, 0.2) is 22.7 Å².